The van der Waals surface area contributed by atoms with Crippen LogP contribution in [0.25, 0.3) is 0 Å². The summed E-state index contributed by atoms with van der Waals surface area (Å²) in [6, 6.07) is 0. The van der Waals surface area contributed by atoms with E-state index >= 15 is 0 Å². The summed E-state index contributed by atoms with van der Waals surface area (Å²) in [6.45, 7) is 2.80. The maximum absolute atomic E-state index is 11.6. The Morgan fingerprint density at radius 3 is 2.50 bits per heavy atom. The molecule has 2 atom stereocenters. The summed E-state index contributed by atoms with van der Waals surface area (Å²) >= 11 is 0. The Labute approximate surface area is 97.0 Å². The van der Waals surface area contributed by atoms with Crippen LogP contribution in [0.15, 0.2) is 0 Å². The zero-order valence-electron chi connectivity index (χ0n) is 9.85. The highest BCUT2D eigenvalue weighted by Crippen LogP contribution is 2.29. The van der Waals surface area contributed by atoms with Crippen molar-refractivity contribution in [3.8, 4) is 0 Å². The second-order valence-electron chi connectivity index (χ2n) is 4.41. The maximum Gasteiger partial charge on any atom is 0.211 e. The number of nitrogens with zero attached hydrogens (tertiary/aromatic N) is 1. The number of ketones is 1. The van der Waals surface area contributed by atoms with Crippen LogP contribution < -0.4 is 5.73 Å². The van der Waals surface area contributed by atoms with E-state index in [4.69, 9.17) is 5.73 Å². The molecule has 2 N–H and O–H groups in total. The van der Waals surface area contributed by atoms with Crippen molar-refractivity contribution in [1.29, 1.82) is 0 Å². The Kier molecular flexibility index (Phi) is 4.46. The number of carbonyl (C=O) groups excluding carboxylic acids is 1. The predicted octanol–water partition coefficient (Wildman–Crippen LogP) is -0.178. The minimum atomic E-state index is -3.19. The smallest absolute Gasteiger partial charge is 0.211 e. The third-order valence-electron chi connectivity index (χ3n) is 3.15. The van der Waals surface area contributed by atoms with Crippen LogP contribution in [-0.4, -0.2) is 44.4 Å². The monoisotopic (exact) mass is 248 g/mol. The third-order valence-corrected chi connectivity index (χ3v) is 4.39. The lowest BCUT2D eigenvalue weighted by atomic mass is 9.88. The molecule has 0 aromatic rings. The van der Waals surface area contributed by atoms with Gasteiger partial charge in [-0.05, 0) is 12.3 Å². The highest BCUT2D eigenvalue weighted by molar-refractivity contribution is 7.88. The number of nitrogens with two attached hydrogens (primary N) is 1. The Balaban J connectivity index is 2.79. The highest BCUT2D eigenvalue weighted by Gasteiger charge is 2.39. The van der Waals surface area contributed by atoms with Gasteiger partial charge in [-0.2, -0.15) is 0 Å². The Morgan fingerprint density at radius 2 is 2.06 bits per heavy atom. The number of hydrogen-bond acceptors (Lipinski definition) is 4. The molecule has 1 rings (SSSR count). The average molecular weight is 248 g/mol. The van der Waals surface area contributed by atoms with Gasteiger partial charge in [-0.1, -0.05) is 13.3 Å². The predicted molar refractivity (Wildman–Crippen MR) is 62.4 cm³/mol. The molecule has 0 aromatic heterocycles. The van der Waals surface area contributed by atoms with Crippen LogP contribution in [0.2, 0.25) is 0 Å². The van der Waals surface area contributed by atoms with Gasteiger partial charge >= 0.3 is 0 Å². The van der Waals surface area contributed by atoms with Crippen molar-refractivity contribution in [2.24, 2.45) is 17.6 Å². The summed E-state index contributed by atoms with van der Waals surface area (Å²) in [5.74, 6) is -0.0972. The molecule has 0 spiro atoms. The Morgan fingerprint density at radius 1 is 1.44 bits per heavy atom. The summed E-state index contributed by atoms with van der Waals surface area (Å²) < 4.78 is 24.2. The van der Waals surface area contributed by atoms with E-state index in [1.807, 2.05) is 6.92 Å². The van der Waals surface area contributed by atoms with Crippen molar-refractivity contribution in [2.75, 3.05) is 25.9 Å². The largest absolute Gasteiger partial charge is 0.324 e. The van der Waals surface area contributed by atoms with E-state index in [0.717, 1.165) is 12.8 Å². The second kappa shape index (κ2) is 5.25. The lowest BCUT2D eigenvalue weighted by Gasteiger charge is -2.14. The normalized spacial score (nSPS) is 27.2. The van der Waals surface area contributed by atoms with Gasteiger partial charge in [0.15, 0.2) is 5.78 Å². The Hall–Kier alpha value is -0.460. The lowest BCUT2D eigenvalue weighted by molar-refractivity contribution is -0.122. The first-order chi connectivity index (χ1) is 7.40. The van der Waals surface area contributed by atoms with Crippen molar-refractivity contribution in [2.45, 2.75) is 19.8 Å². The molecule has 0 amide bonds. The number of Topliss-reactive ketones (excluding diaryl/α,β-unsaturated/α-hetero) is 1. The molecule has 1 aliphatic rings. The fourth-order valence-corrected chi connectivity index (χ4v) is 3.18. The number of carbonyl (C=O) groups is 1. The highest BCUT2D eigenvalue weighted by atomic mass is 32.2. The topological polar surface area (TPSA) is 80.5 Å². The Bertz CT molecular complexity index is 353. The molecule has 94 valence electrons. The molecule has 1 fully saturated rings. The molecule has 1 unspecified atom stereocenters. The van der Waals surface area contributed by atoms with Gasteiger partial charge in [-0.15, -0.1) is 0 Å². The van der Waals surface area contributed by atoms with Gasteiger partial charge in [0, 0.05) is 19.0 Å². The molecule has 0 bridgehead atoms. The van der Waals surface area contributed by atoms with E-state index in [2.05, 4.69) is 0 Å². The first-order valence-corrected chi connectivity index (χ1v) is 7.42. The van der Waals surface area contributed by atoms with Crippen molar-refractivity contribution < 1.29 is 13.2 Å². The molecule has 6 heteroatoms. The second-order valence-corrected chi connectivity index (χ2v) is 6.39. The van der Waals surface area contributed by atoms with E-state index in [-0.39, 0.29) is 24.2 Å². The molecule has 0 aliphatic carbocycles. The van der Waals surface area contributed by atoms with E-state index < -0.39 is 10.0 Å². The summed E-state index contributed by atoms with van der Waals surface area (Å²) in [5, 5.41) is 0. The minimum absolute atomic E-state index is 0.00246. The van der Waals surface area contributed by atoms with Crippen molar-refractivity contribution >= 4 is 15.8 Å². The molecule has 0 aromatic carbocycles. The molecule has 1 aliphatic heterocycles. The maximum atomic E-state index is 11.6. The molecule has 0 radical (unpaired) electrons. The first-order valence-electron chi connectivity index (χ1n) is 5.58. The summed E-state index contributed by atoms with van der Waals surface area (Å²) in [7, 11) is -3.19. The van der Waals surface area contributed by atoms with Gasteiger partial charge in [0.2, 0.25) is 10.0 Å². The van der Waals surface area contributed by atoms with Crippen LogP contribution >= 0.6 is 0 Å². The van der Waals surface area contributed by atoms with Crippen molar-refractivity contribution in [3.05, 3.63) is 0 Å². The molecular formula is C10H20N2O3S. The van der Waals surface area contributed by atoms with Crippen LogP contribution in [0.1, 0.15) is 19.8 Å². The van der Waals surface area contributed by atoms with E-state index in [1.165, 1.54) is 10.6 Å². The molecule has 1 saturated heterocycles. The number of sulfonamides is 1. The van der Waals surface area contributed by atoms with Crippen LogP contribution in [0, 0.1) is 11.8 Å². The number of hydrogen-bond donors (Lipinski definition) is 1. The standard InChI is InChI=1S/C10H20N2O3S/c1-3-4-8-6-12(16(2,14)15)7-9(8)10(13)5-11/h8-9H,3-7,11H2,1-2H3/t8-,9?/m0/s1. The summed E-state index contributed by atoms with van der Waals surface area (Å²) in [4.78, 5) is 11.6. The van der Waals surface area contributed by atoms with E-state index in [9.17, 15) is 13.2 Å². The molecular weight excluding hydrogens is 228 g/mol. The quantitative estimate of drug-likeness (QED) is 0.732. The van der Waals surface area contributed by atoms with Crippen LogP contribution in [0.4, 0.5) is 0 Å². The fourth-order valence-electron chi connectivity index (χ4n) is 2.28. The fraction of sp³-hybridized carbons (Fsp3) is 0.900. The van der Waals surface area contributed by atoms with Gasteiger partial charge < -0.3 is 5.73 Å². The van der Waals surface area contributed by atoms with Crippen LogP contribution in [-0.2, 0) is 14.8 Å². The van der Waals surface area contributed by atoms with Crippen molar-refractivity contribution in [1.82, 2.24) is 4.31 Å². The van der Waals surface area contributed by atoms with Gasteiger partial charge in [0.1, 0.15) is 0 Å². The molecule has 16 heavy (non-hydrogen) atoms. The van der Waals surface area contributed by atoms with Crippen LogP contribution in [0.3, 0.4) is 0 Å². The van der Waals surface area contributed by atoms with Gasteiger partial charge in [0.25, 0.3) is 0 Å². The van der Waals surface area contributed by atoms with E-state index in [1.54, 1.807) is 0 Å². The zero-order valence-corrected chi connectivity index (χ0v) is 10.7. The summed E-state index contributed by atoms with van der Waals surface area (Å²) in [6.07, 6.45) is 3.02. The third kappa shape index (κ3) is 3.02. The average Bonchev–Trinajstić information content (AvgIpc) is 2.61. The lowest BCUT2D eigenvalue weighted by Crippen LogP contribution is -2.31. The molecule has 5 nitrogen and oxygen atoms in total. The summed E-state index contributed by atoms with van der Waals surface area (Å²) in [5.41, 5.74) is 5.35. The van der Waals surface area contributed by atoms with Crippen LogP contribution in [0.5, 0.6) is 0 Å². The SMILES string of the molecule is CCC[C@H]1CN(S(C)(=O)=O)CC1C(=O)CN. The van der Waals surface area contributed by atoms with Gasteiger partial charge in [-0.25, -0.2) is 12.7 Å². The van der Waals surface area contributed by atoms with E-state index in [0.29, 0.717) is 13.1 Å². The molecule has 1 heterocycles. The first kappa shape index (κ1) is 13.6. The minimum Gasteiger partial charge on any atom is -0.324 e. The van der Waals surface area contributed by atoms with Gasteiger partial charge in [-0.3, -0.25) is 4.79 Å². The molecule has 0 saturated carbocycles. The van der Waals surface area contributed by atoms with Gasteiger partial charge in [0.05, 0.1) is 12.8 Å². The van der Waals surface area contributed by atoms with Crippen molar-refractivity contribution in [3.63, 3.8) is 0 Å². The zero-order chi connectivity index (χ0) is 12.3. The number of rotatable bonds is 5.